The molecule has 2 N–H and O–H groups in total. The van der Waals surface area contributed by atoms with Crippen molar-refractivity contribution in [1.29, 1.82) is 0 Å². The lowest BCUT2D eigenvalue weighted by Crippen LogP contribution is -2.29. The van der Waals surface area contributed by atoms with Crippen molar-refractivity contribution >= 4 is 23.4 Å². The molecular weight excluding hydrogens is 263 g/mol. The summed E-state index contributed by atoms with van der Waals surface area (Å²) in [5, 5.41) is 20.7. The number of benzene rings is 3. The van der Waals surface area contributed by atoms with Gasteiger partial charge in [0.1, 0.15) is 12.4 Å². The molecule has 0 aromatic heterocycles. The topological polar surface area (TPSA) is 49.7 Å². The molecular formula is C17H15BO3. The van der Waals surface area contributed by atoms with Crippen LogP contribution < -0.4 is 10.2 Å². The van der Waals surface area contributed by atoms with Gasteiger partial charge in [-0.25, -0.2) is 0 Å². The second kappa shape index (κ2) is 6.00. The van der Waals surface area contributed by atoms with Gasteiger partial charge in [-0.3, -0.25) is 0 Å². The molecule has 3 rings (SSSR count). The van der Waals surface area contributed by atoms with Crippen LogP contribution in [-0.2, 0) is 6.61 Å². The van der Waals surface area contributed by atoms with Crippen molar-refractivity contribution in [3.8, 4) is 5.75 Å². The zero-order valence-electron chi connectivity index (χ0n) is 11.4. The predicted molar refractivity (Wildman–Crippen MR) is 84.5 cm³/mol. The lowest BCUT2D eigenvalue weighted by molar-refractivity contribution is 0.310. The Labute approximate surface area is 123 Å². The molecule has 4 heteroatoms. The average molecular weight is 278 g/mol. The summed E-state index contributed by atoms with van der Waals surface area (Å²) < 4.78 is 5.87. The molecule has 0 amide bonds. The summed E-state index contributed by atoms with van der Waals surface area (Å²) >= 11 is 0. The Bertz CT molecular complexity index is 741. The SMILES string of the molecule is OB(O)c1cc(OCc2ccccc2)c2ccccc2c1. The summed E-state index contributed by atoms with van der Waals surface area (Å²) in [5.41, 5.74) is 1.49. The summed E-state index contributed by atoms with van der Waals surface area (Å²) in [7, 11) is -1.51. The van der Waals surface area contributed by atoms with Gasteiger partial charge in [0.05, 0.1) is 0 Å². The highest BCUT2D eigenvalue weighted by Gasteiger charge is 2.14. The molecule has 0 bridgehead atoms. The van der Waals surface area contributed by atoms with Crippen molar-refractivity contribution in [3.05, 3.63) is 72.3 Å². The first kappa shape index (κ1) is 13.7. The first-order valence-electron chi connectivity index (χ1n) is 6.79. The Kier molecular flexibility index (Phi) is 3.91. The van der Waals surface area contributed by atoms with Gasteiger partial charge in [0, 0.05) is 5.39 Å². The van der Waals surface area contributed by atoms with E-state index in [2.05, 4.69) is 0 Å². The van der Waals surface area contributed by atoms with Crippen LogP contribution in [0.2, 0.25) is 0 Å². The van der Waals surface area contributed by atoms with Crippen molar-refractivity contribution in [3.63, 3.8) is 0 Å². The average Bonchev–Trinajstić information content (AvgIpc) is 2.53. The maximum atomic E-state index is 9.39. The van der Waals surface area contributed by atoms with E-state index in [1.165, 1.54) is 0 Å². The molecule has 0 radical (unpaired) electrons. The standard InChI is InChI=1S/C17H15BO3/c19-18(20)15-10-14-8-4-5-9-16(14)17(11-15)21-12-13-6-2-1-3-7-13/h1-11,19-20H,12H2. The maximum absolute atomic E-state index is 9.39. The van der Waals surface area contributed by atoms with Gasteiger partial charge in [0.25, 0.3) is 0 Å². The van der Waals surface area contributed by atoms with E-state index in [1.807, 2.05) is 54.6 Å². The molecule has 21 heavy (non-hydrogen) atoms. The van der Waals surface area contributed by atoms with Crippen LogP contribution in [0.25, 0.3) is 10.8 Å². The smallest absolute Gasteiger partial charge is 0.488 e. The number of fused-ring (bicyclic) bond motifs is 1. The van der Waals surface area contributed by atoms with E-state index < -0.39 is 7.12 Å². The zero-order valence-corrected chi connectivity index (χ0v) is 11.4. The van der Waals surface area contributed by atoms with Crippen LogP contribution in [0.1, 0.15) is 5.56 Å². The predicted octanol–water partition coefficient (Wildman–Crippen LogP) is 2.10. The summed E-state index contributed by atoms with van der Waals surface area (Å²) in [6.07, 6.45) is 0. The number of ether oxygens (including phenoxy) is 1. The summed E-state index contributed by atoms with van der Waals surface area (Å²) in [6.45, 7) is 0.440. The van der Waals surface area contributed by atoms with Crippen LogP contribution >= 0.6 is 0 Å². The minimum absolute atomic E-state index is 0.428. The molecule has 0 saturated heterocycles. The third-order valence-corrected chi connectivity index (χ3v) is 3.38. The molecule has 3 nitrogen and oxygen atoms in total. The Morgan fingerprint density at radius 3 is 2.33 bits per heavy atom. The first-order chi connectivity index (χ1) is 10.2. The molecule has 0 heterocycles. The fourth-order valence-corrected chi connectivity index (χ4v) is 2.30. The highest BCUT2D eigenvalue weighted by atomic mass is 16.5. The highest BCUT2D eigenvalue weighted by molar-refractivity contribution is 6.59. The van der Waals surface area contributed by atoms with E-state index in [4.69, 9.17) is 4.74 Å². The maximum Gasteiger partial charge on any atom is 0.488 e. The summed E-state index contributed by atoms with van der Waals surface area (Å²) in [4.78, 5) is 0. The largest absolute Gasteiger partial charge is 0.488 e. The summed E-state index contributed by atoms with van der Waals surface area (Å²) in [5.74, 6) is 0.653. The number of hydrogen-bond acceptors (Lipinski definition) is 3. The lowest BCUT2D eigenvalue weighted by atomic mass is 9.79. The molecule has 0 spiro atoms. The van der Waals surface area contributed by atoms with Gasteiger partial charge in [0.15, 0.2) is 0 Å². The van der Waals surface area contributed by atoms with Crippen LogP contribution in [0.4, 0.5) is 0 Å². The fourth-order valence-electron chi connectivity index (χ4n) is 2.30. The van der Waals surface area contributed by atoms with Gasteiger partial charge in [-0.2, -0.15) is 0 Å². The molecule has 104 valence electrons. The van der Waals surface area contributed by atoms with Gasteiger partial charge >= 0.3 is 7.12 Å². The third kappa shape index (κ3) is 3.07. The normalized spacial score (nSPS) is 10.6. The summed E-state index contributed by atoms with van der Waals surface area (Å²) in [6, 6.07) is 21.0. The van der Waals surface area contributed by atoms with Crippen LogP contribution in [0.3, 0.4) is 0 Å². The molecule has 0 fully saturated rings. The van der Waals surface area contributed by atoms with Gasteiger partial charge in [0.2, 0.25) is 0 Å². The fraction of sp³-hybridized carbons (Fsp3) is 0.0588. The van der Waals surface area contributed by atoms with Gasteiger partial charge in [-0.15, -0.1) is 0 Å². The van der Waals surface area contributed by atoms with Crippen molar-refractivity contribution in [2.45, 2.75) is 6.61 Å². The van der Waals surface area contributed by atoms with E-state index in [9.17, 15) is 10.0 Å². The quantitative estimate of drug-likeness (QED) is 0.718. The van der Waals surface area contributed by atoms with Crippen LogP contribution in [-0.4, -0.2) is 17.2 Å². The van der Waals surface area contributed by atoms with Crippen molar-refractivity contribution in [2.75, 3.05) is 0 Å². The number of rotatable bonds is 4. The monoisotopic (exact) mass is 278 g/mol. The molecule has 0 saturated carbocycles. The second-order valence-electron chi connectivity index (χ2n) is 4.89. The zero-order chi connectivity index (χ0) is 14.7. The Balaban J connectivity index is 1.96. The van der Waals surface area contributed by atoms with Crippen LogP contribution in [0, 0.1) is 0 Å². The highest BCUT2D eigenvalue weighted by Crippen LogP contribution is 2.25. The molecule has 0 atom stereocenters. The molecule has 0 aliphatic heterocycles. The Morgan fingerprint density at radius 2 is 1.57 bits per heavy atom. The van der Waals surface area contributed by atoms with E-state index in [-0.39, 0.29) is 0 Å². The lowest BCUT2D eigenvalue weighted by Gasteiger charge is -2.12. The van der Waals surface area contributed by atoms with Crippen molar-refractivity contribution < 1.29 is 14.8 Å². The molecule has 3 aromatic rings. The molecule has 0 aliphatic carbocycles. The molecule has 0 unspecified atom stereocenters. The molecule has 0 aliphatic rings. The minimum atomic E-state index is -1.51. The van der Waals surface area contributed by atoms with Crippen LogP contribution in [0.15, 0.2) is 66.7 Å². The van der Waals surface area contributed by atoms with Gasteiger partial charge in [-0.05, 0) is 22.5 Å². The third-order valence-electron chi connectivity index (χ3n) is 3.38. The Morgan fingerprint density at radius 1 is 0.857 bits per heavy atom. The second-order valence-corrected chi connectivity index (χ2v) is 4.89. The van der Waals surface area contributed by atoms with E-state index in [1.54, 1.807) is 12.1 Å². The van der Waals surface area contributed by atoms with Crippen molar-refractivity contribution in [2.24, 2.45) is 0 Å². The Hall–Kier alpha value is -2.30. The molecule has 3 aromatic carbocycles. The first-order valence-corrected chi connectivity index (χ1v) is 6.79. The van der Waals surface area contributed by atoms with Gasteiger partial charge in [-0.1, -0.05) is 60.7 Å². The number of hydrogen-bond donors (Lipinski definition) is 2. The van der Waals surface area contributed by atoms with E-state index in [0.717, 1.165) is 16.3 Å². The van der Waals surface area contributed by atoms with E-state index in [0.29, 0.717) is 17.8 Å². The van der Waals surface area contributed by atoms with Crippen molar-refractivity contribution in [1.82, 2.24) is 0 Å². The minimum Gasteiger partial charge on any atom is -0.488 e. The van der Waals surface area contributed by atoms with E-state index >= 15 is 0 Å². The van der Waals surface area contributed by atoms with Gasteiger partial charge < -0.3 is 14.8 Å². The van der Waals surface area contributed by atoms with Crippen LogP contribution in [0.5, 0.6) is 5.75 Å².